The number of anilines is 1. The molecule has 0 aliphatic carbocycles. The maximum Gasteiger partial charge on any atom is 0.311 e. The zero-order valence-corrected chi connectivity index (χ0v) is 20.1. The Bertz CT molecular complexity index is 1470. The van der Waals surface area contributed by atoms with E-state index in [4.69, 9.17) is 23.2 Å². The Labute approximate surface area is 208 Å². The van der Waals surface area contributed by atoms with Crippen LogP contribution < -0.4 is 5.32 Å². The minimum atomic E-state index is -3.85. The van der Waals surface area contributed by atoms with Gasteiger partial charge < -0.3 is 10.4 Å². The number of amides is 1. The number of phenolic OH excluding ortho intramolecular Hbond substituents is 1. The minimum absolute atomic E-state index is 0.0264. The van der Waals surface area contributed by atoms with E-state index in [-0.39, 0.29) is 25.6 Å². The number of sulfone groups is 1. The van der Waals surface area contributed by atoms with Gasteiger partial charge in [-0.25, -0.2) is 8.42 Å². The van der Waals surface area contributed by atoms with Crippen LogP contribution in [-0.4, -0.2) is 24.4 Å². The summed E-state index contributed by atoms with van der Waals surface area (Å²) < 4.78 is 25.8. The lowest BCUT2D eigenvalue weighted by molar-refractivity contribution is -0.385. The molecule has 34 heavy (non-hydrogen) atoms. The molecule has 174 valence electrons. The summed E-state index contributed by atoms with van der Waals surface area (Å²) >= 11 is 13.2. The van der Waals surface area contributed by atoms with Crippen LogP contribution in [0.2, 0.25) is 10.0 Å². The Morgan fingerprint density at radius 1 is 1.09 bits per heavy atom. The highest BCUT2D eigenvalue weighted by molar-refractivity contribution is 8.04. The number of nitrogens with zero attached hydrogens (tertiary/aromatic N) is 1. The van der Waals surface area contributed by atoms with Crippen molar-refractivity contribution in [3.05, 3.63) is 90.8 Å². The van der Waals surface area contributed by atoms with Crippen molar-refractivity contribution in [2.45, 2.75) is 15.5 Å². The van der Waals surface area contributed by atoms with E-state index in [0.717, 1.165) is 11.8 Å². The summed E-state index contributed by atoms with van der Waals surface area (Å²) in [7, 11) is -3.85. The number of rotatable bonds is 5. The van der Waals surface area contributed by atoms with Crippen molar-refractivity contribution in [2.24, 2.45) is 0 Å². The van der Waals surface area contributed by atoms with Crippen molar-refractivity contribution in [3.8, 4) is 5.75 Å². The van der Waals surface area contributed by atoms with Crippen LogP contribution >= 0.6 is 35.0 Å². The number of fused-ring (bicyclic) bond motifs is 1. The average Bonchev–Trinajstić information content (AvgIpc) is 2.75. The minimum Gasteiger partial charge on any atom is -0.502 e. The summed E-state index contributed by atoms with van der Waals surface area (Å²) in [6.45, 7) is 0. The number of benzene rings is 3. The SMILES string of the molecule is O=C1Nc2cc(CS(=O)(=O)c3c(Cl)cccc3Cl)ccc2S/C1=C\c1ccc(O)c([N+](=O)[O-])c1. The van der Waals surface area contributed by atoms with Gasteiger partial charge in [0, 0.05) is 11.0 Å². The van der Waals surface area contributed by atoms with E-state index in [9.17, 15) is 28.4 Å². The molecule has 0 radical (unpaired) electrons. The predicted octanol–water partition coefficient (Wildman–Crippen LogP) is 5.67. The van der Waals surface area contributed by atoms with Gasteiger partial charge in [0.05, 0.1) is 31.3 Å². The molecule has 0 unspecified atom stereocenters. The molecule has 0 saturated carbocycles. The van der Waals surface area contributed by atoms with Crippen LogP contribution in [0.4, 0.5) is 11.4 Å². The van der Waals surface area contributed by atoms with Crippen LogP contribution in [0.25, 0.3) is 6.08 Å². The number of carbonyl (C=O) groups is 1. The molecular weight excluding hydrogens is 523 g/mol. The second kappa shape index (κ2) is 9.30. The van der Waals surface area contributed by atoms with Crippen molar-refractivity contribution in [2.75, 3.05) is 5.32 Å². The van der Waals surface area contributed by atoms with E-state index in [2.05, 4.69) is 5.32 Å². The number of phenols is 1. The maximum absolute atomic E-state index is 12.9. The molecule has 2 N–H and O–H groups in total. The molecular formula is C22H14Cl2N2O6S2. The summed E-state index contributed by atoms with van der Waals surface area (Å²) in [6.07, 6.45) is 1.47. The number of carbonyl (C=O) groups excluding carboxylic acids is 1. The van der Waals surface area contributed by atoms with Crippen LogP contribution in [-0.2, 0) is 20.4 Å². The average molecular weight is 537 g/mol. The molecule has 1 amide bonds. The molecule has 0 atom stereocenters. The van der Waals surface area contributed by atoms with E-state index in [0.29, 0.717) is 21.7 Å². The van der Waals surface area contributed by atoms with Gasteiger partial charge in [0.2, 0.25) is 0 Å². The van der Waals surface area contributed by atoms with Crippen molar-refractivity contribution in [1.29, 1.82) is 0 Å². The Morgan fingerprint density at radius 3 is 2.47 bits per heavy atom. The first-order valence-corrected chi connectivity index (χ1v) is 12.8. The highest BCUT2D eigenvalue weighted by Crippen LogP contribution is 2.40. The third-order valence-electron chi connectivity index (χ3n) is 4.82. The predicted molar refractivity (Wildman–Crippen MR) is 131 cm³/mol. The number of nitro benzene ring substituents is 1. The van der Waals surface area contributed by atoms with Crippen molar-refractivity contribution in [1.82, 2.24) is 0 Å². The van der Waals surface area contributed by atoms with E-state index in [1.165, 1.54) is 36.4 Å². The molecule has 3 aromatic rings. The number of halogens is 2. The maximum atomic E-state index is 12.9. The van der Waals surface area contributed by atoms with Crippen LogP contribution in [0.3, 0.4) is 0 Å². The number of hydrogen-bond acceptors (Lipinski definition) is 7. The number of nitrogens with one attached hydrogen (secondary N) is 1. The topological polar surface area (TPSA) is 127 Å². The first kappa shape index (κ1) is 24.1. The Kier molecular flexibility index (Phi) is 6.59. The number of aromatic hydroxyl groups is 1. The quantitative estimate of drug-likeness (QED) is 0.244. The summed E-state index contributed by atoms with van der Waals surface area (Å²) in [5, 5.41) is 23.4. The molecule has 1 aliphatic heterocycles. The molecule has 0 spiro atoms. The lowest BCUT2D eigenvalue weighted by Crippen LogP contribution is -2.17. The van der Waals surface area contributed by atoms with Gasteiger partial charge in [0.15, 0.2) is 15.6 Å². The largest absolute Gasteiger partial charge is 0.502 e. The molecule has 1 aliphatic rings. The highest BCUT2D eigenvalue weighted by atomic mass is 35.5. The van der Waals surface area contributed by atoms with E-state index in [1.54, 1.807) is 24.3 Å². The van der Waals surface area contributed by atoms with Gasteiger partial charge in [0.1, 0.15) is 4.90 Å². The Balaban J connectivity index is 1.61. The fourth-order valence-corrected chi connectivity index (χ4v) is 6.82. The monoisotopic (exact) mass is 536 g/mol. The molecule has 0 saturated heterocycles. The Morgan fingerprint density at radius 2 is 1.79 bits per heavy atom. The Hall–Kier alpha value is -3.05. The lowest BCUT2D eigenvalue weighted by Gasteiger charge is -2.19. The second-order valence-corrected chi connectivity index (χ2v) is 11.0. The van der Waals surface area contributed by atoms with Gasteiger partial charge in [0.25, 0.3) is 5.91 Å². The van der Waals surface area contributed by atoms with Crippen molar-refractivity contribution in [3.63, 3.8) is 0 Å². The molecule has 0 bridgehead atoms. The lowest BCUT2D eigenvalue weighted by atomic mass is 10.1. The highest BCUT2D eigenvalue weighted by Gasteiger charge is 2.25. The first-order valence-electron chi connectivity index (χ1n) is 9.53. The fourth-order valence-electron chi connectivity index (χ4n) is 3.30. The van der Waals surface area contributed by atoms with Crippen LogP contribution in [0.15, 0.2) is 69.3 Å². The normalized spacial score (nSPS) is 14.5. The van der Waals surface area contributed by atoms with Crippen LogP contribution in [0.5, 0.6) is 5.75 Å². The van der Waals surface area contributed by atoms with E-state index in [1.807, 2.05) is 0 Å². The standard InChI is InChI=1S/C22H14Cl2N2O6S2/c23-14-2-1-3-15(24)21(14)34(31,32)11-13-5-7-19-16(8-13)25-22(28)20(33-19)10-12-4-6-18(27)17(9-12)26(29)30/h1-10,27H,11H2,(H,25,28)/b20-10-. The van der Waals surface area contributed by atoms with E-state index >= 15 is 0 Å². The molecule has 8 nitrogen and oxygen atoms in total. The summed E-state index contributed by atoms with van der Waals surface area (Å²) in [5.74, 6) is -1.30. The number of thioether (sulfide) groups is 1. The molecule has 1 heterocycles. The van der Waals surface area contributed by atoms with Gasteiger partial charge in [-0.15, -0.1) is 0 Å². The van der Waals surface area contributed by atoms with Crippen LogP contribution in [0.1, 0.15) is 11.1 Å². The zero-order valence-electron chi connectivity index (χ0n) is 17.0. The van der Waals surface area contributed by atoms with Crippen molar-refractivity contribution >= 4 is 68.2 Å². The van der Waals surface area contributed by atoms with Gasteiger partial charge in [-0.3, -0.25) is 14.9 Å². The van der Waals surface area contributed by atoms with Gasteiger partial charge >= 0.3 is 5.69 Å². The third-order valence-corrected chi connectivity index (χ3v) is 8.54. The summed E-state index contributed by atoms with van der Waals surface area (Å²) in [5.41, 5.74) is 0.754. The van der Waals surface area contributed by atoms with Crippen molar-refractivity contribution < 1.29 is 23.2 Å². The number of hydrogen-bond donors (Lipinski definition) is 2. The van der Waals surface area contributed by atoms with E-state index < -0.39 is 32.1 Å². The fraction of sp³-hybridized carbons (Fsp3) is 0.0455. The van der Waals surface area contributed by atoms with Gasteiger partial charge in [-0.1, -0.05) is 53.2 Å². The summed E-state index contributed by atoms with van der Waals surface area (Å²) in [6, 6.07) is 13.1. The zero-order chi connectivity index (χ0) is 24.6. The molecule has 0 fully saturated rings. The van der Waals surface area contributed by atoms with Crippen LogP contribution in [0, 0.1) is 10.1 Å². The smallest absolute Gasteiger partial charge is 0.311 e. The van der Waals surface area contributed by atoms with Gasteiger partial charge in [-0.05, 0) is 47.5 Å². The third kappa shape index (κ3) is 4.90. The molecule has 0 aromatic heterocycles. The molecule has 4 rings (SSSR count). The molecule has 3 aromatic carbocycles. The van der Waals surface area contributed by atoms with Gasteiger partial charge in [-0.2, -0.15) is 0 Å². The summed E-state index contributed by atoms with van der Waals surface area (Å²) in [4.78, 5) is 23.7. The first-order chi connectivity index (χ1) is 16.0. The number of nitro groups is 1. The second-order valence-electron chi connectivity index (χ2n) is 7.21. The molecule has 12 heteroatoms.